The summed E-state index contributed by atoms with van der Waals surface area (Å²) in [4.78, 5) is 14.1. The second-order valence-electron chi connectivity index (χ2n) is 7.45. The Bertz CT molecular complexity index is 633. The van der Waals surface area contributed by atoms with Gasteiger partial charge in [0.2, 0.25) is 0 Å². The first kappa shape index (κ1) is 25.3. The molecule has 0 aliphatic heterocycles. The van der Waals surface area contributed by atoms with Crippen molar-refractivity contribution in [2.75, 3.05) is 40.3 Å². The van der Waals surface area contributed by atoms with Gasteiger partial charge in [0.15, 0.2) is 5.96 Å². The Morgan fingerprint density at radius 2 is 1.97 bits per heavy atom. The Morgan fingerprint density at radius 1 is 1.31 bits per heavy atom. The monoisotopic (exact) mass is 421 g/mol. The number of rotatable bonds is 13. The minimum atomic E-state index is 0.0217. The van der Waals surface area contributed by atoms with Gasteiger partial charge in [-0.3, -0.25) is 9.89 Å². The van der Waals surface area contributed by atoms with E-state index < -0.39 is 0 Å². The average Bonchev–Trinajstić information content (AvgIpc) is 3.15. The van der Waals surface area contributed by atoms with E-state index in [4.69, 9.17) is 14.7 Å². The van der Waals surface area contributed by atoms with Gasteiger partial charge in [-0.25, -0.2) is 4.98 Å². The second kappa shape index (κ2) is 13.5. The van der Waals surface area contributed by atoms with E-state index in [1.54, 1.807) is 18.4 Å². The molecule has 0 radical (unpaired) electrons. The Hall–Kier alpha value is -1.70. The highest BCUT2D eigenvalue weighted by Gasteiger charge is 2.21. The van der Waals surface area contributed by atoms with Crippen LogP contribution >= 0.6 is 11.3 Å². The molecular weight excluding hydrogens is 382 g/mol. The molecule has 2 unspecified atom stereocenters. The molecular formula is C22H39N5OS. The molecule has 1 aromatic heterocycles. The van der Waals surface area contributed by atoms with Crippen LogP contribution in [-0.2, 0) is 11.3 Å². The maximum Gasteiger partial charge on any atom is 0.194 e. The molecule has 29 heavy (non-hydrogen) atoms. The standard InChI is InChI=1S/C22H39N5OS/c1-9-12-27(13-10-2)20(17(4)5)14-24-22(23-11-3)26(7)15-19-16-29-21(25-19)18(6)28-8/h9-10,16-18,20H,1-2,11-15H2,3-8H3,(H,23,24). The molecule has 7 heteroatoms. The summed E-state index contributed by atoms with van der Waals surface area (Å²) >= 11 is 1.64. The van der Waals surface area contributed by atoms with E-state index in [2.05, 4.69) is 61.5 Å². The fourth-order valence-corrected chi connectivity index (χ4v) is 3.92. The molecule has 0 bridgehead atoms. The van der Waals surface area contributed by atoms with Crippen LogP contribution in [0.4, 0.5) is 0 Å². The smallest absolute Gasteiger partial charge is 0.194 e. The highest BCUT2D eigenvalue weighted by atomic mass is 32.1. The number of hydrogen-bond donors (Lipinski definition) is 1. The van der Waals surface area contributed by atoms with Crippen LogP contribution in [0.3, 0.4) is 0 Å². The minimum absolute atomic E-state index is 0.0217. The molecule has 0 spiro atoms. The lowest BCUT2D eigenvalue weighted by atomic mass is 10.0. The first-order valence-corrected chi connectivity index (χ1v) is 11.2. The zero-order valence-corrected chi connectivity index (χ0v) is 19.8. The number of aromatic nitrogens is 1. The predicted octanol–water partition coefficient (Wildman–Crippen LogP) is 3.95. The van der Waals surface area contributed by atoms with E-state index in [0.717, 1.165) is 42.8 Å². The van der Waals surface area contributed by atoms with Crippen LogP contribution in [0.1, 0.15) is 44.5 Å². The van der Waals surface area contributed by atoms with E-state index in [9.17, 15) is 0 Å². The van der Waals surface area contributed by atoms with E-state index in [-0.39, 0.29) is 6.10 Å². The van der Waals surface area contributed by atoms with Gasteiger partial charge in [-0.2, -0.15) is 0 Å². The topological polar surface area (TPSA) is 53.0 Å². The lowest BCUT2D eigenvalue weighted by Gasteiger charge is -2.32. The van der Waals surface area contributed by atoms with Crippen molar-refractivity contribution in [3.05, 3.63) is 41.4 Å². The zero-order valence-electron chi connectivity index (χ0n) is 19.0. The van der Waals surface area contributed by atoms with Crippen molar-refractivity contribution in [2.45, 2.75) is 46.4 Å². The number of thiazole rings is 1. The van der Waals surface area contributed by atoms with E-state index in [1.807, 2.05) is 19.1 Å². The van der Waals surface area contributed by atoms with Crippen molar-refractivity contribution in [2.24, 2.45) is 10.9 Å². The lowest BCUT2D eigenvalue weighted by Crippen LogP contribution is -2.44. The summed E-state index contributed by atoms with van der Waals surface area (Å²) < 4.78 is 5.37. The number of ether oxygens (including phenoxy) is 1. The van der Waals surface area contributed by atoms with Crippen molar-refractivity contribution in [3.63, 3.8) is 0 Å². The summed E-state index contributed by atoms with van der Waals surface area (Å²) in [7, 11) is 3.76. The van der Waals surface area contributed by atoms with Gasteiger partial charge in [-0.05, 0) is 19.8 Å². The molecule has 1 N–H and O–H groups in total. The summed E-state index contributed by atoms with van der Waals surface area (Å²) in [6, 6.07) is 0.321. The minimum Gasteiger partial charge on any atom is -0.375 e. The third-order valence-electron chi connectivity index (χ3n) is 4.76. The van der Waals surface area contributed by atoms with Crippen LogP contribution in [0, 0.1) is 5.92 Å². The predicted molar refractivity (Wildman–Crippen MR) is 126 cm³/mol. The van der Waals surface area contributed by atoms with Gasteiger partial charge in [-0.1, -0.05) is 26.0 Å². The number of nitrogens with zero attached hydrogens (tertiary/aromatic N) is 4. The van der Waals surface area contributed by atoms with Crippen LogP contribution in [0.25, 0.3) is 0 Å². The molecule has 1 rings (SSSR count). The van der Waals surface area contributed by atoms with E-state index in [1.165, 1.54) is 0 Å². The first-order valence-electron chi connectivity index (χ1n) is 10.3. The lowest BCUT2D eigenvalue weighted by molar-refractivity contribution is 0.119. The summed E-state index contributed by atoms with van der Waals surface area (Å²) in [5.74, 6) is 1.37. The Balaban J connectivity index is 2.91. The molecule has 1 aromatic rings. The summed E-state index contributed by atoms with van der Waals surface area (Å²) in [6.07, 6.45) is 3.91. The van der Waals surface area contributed by atoms with Gasteiger partial charge < -0.3 is 15.0 Å². The highest BCUT2D eigenvalue weighted by Crippen LogP contribution is 2.21. The third-order valence-corrected chi connectivity index (χ3v) is 5.81. The summed E-state index contributed by atoms with van der Waals surface area (Å²) in [5.41, 5.74) is 1.03. The molecule has 2 atom stereocenters. The molecule has 0 saturated heterocycles. The quantitative estimate of drug-likeness (QED) is 0.297. The Kier molecular flexibility index (Phi) is 11.8. The Morgan fingerprint density at radius 3 is 2.48 bits per heavy atom. The maximum atomic E-state index is 5.37. The van der Waals surface area contributed by atoms with Crippen molar-refractivity contribution >= 4 is 17.3 Å². The van der Waals surface area contributed by atoms with Gasteiger partial charge in [-0.15, -0.1) is 24.5 Å². The molecule has 0 aliphatic carbocycles. The molecule has 0 fully saturated rings. The van der Waals surface area contributed by atoms with Crippen LogP contribution in [0.2, 0.25) is 0 Å². The molecule has 0 saturated carbocycles. The second-order valence-corrected chi connectivity index (χ2v) is 8.34. The molecule has 164 valence electrons. The molecule has 0 aliphatic rings. The fraction of sp³-hybridized carbons (Fsp3) is 0.636. The fourth-order valence-electron chi connectivity index (χ4n) is 3.08. The van der Waals surface area contributed by atoms with Gasteiger partial charge in [0.25, 0.3) is 0 Å². The van der Waals surface area contributed by atoms with Crippen LogP contribution in [0.15, 0.2) is 35.7 Å². The highest BCUT2D eigenvalue weighted by molar-refractivity contribution is 7.09. The van der Waals surface area contributed by atoms with E-state index in [0.29, 0.717) is 18.5 Å². The SMILES string of the molecule is C=CCN(CC=C)C(CN=C(NCC)N(C)Cc1csc(C(C)OC)n1)C(C)C. The number of aliphatic imine (C=N–C) groups is 1. The van der Waals surface area contributed by atoms with Crippen molar-refractivity contribution in [1.29, 1.82) is 0 Å². The largest absolute Gasteiger partial charge is 0.375 e. The van der Waals surface area contributed by atoms with Gasteiger partial charge in [0, 0.05) is 45.2 Å². The maximum absolute atomic E-state index is 5.37. The molecule has 0 amide bonds. The molecule has 6 nitrogen and oxygen atoms in total. The van der Waals surface area contributed by atoms with Crippen molar-refractivity contribution in [1.82, 2.24) is 20.1 Å². The third kappa shape index (κ3) is 8.28. The number of guanidine groups is 1. The van der Waals surface area contributed by atoms with E-state index >= 15 is 0 Å². The van der Waals surface area contributed by atoms with Gasteiger partial charge in [0.1, 0.15) is 11.1 Å². The van der Waals surface area contributed by atoms with Crippen LogP contribution < -0.4 is 5.32 Å². The first-order chi connectivity index (χ1) is 13.9. The van der Waals surface area contributed by atoms with Gasteiger partial charge in [0.05, 0.1) is 18.8 Å². The number of methoxy groups -OCH3 is 1. The molecule has 0 aromatic carbocycles. The van der Waals surface area contributed by atoms with Crippen molar-refractivity contribution < 1.29 is 4.74 Å². The zero-order chi connectivity index (χ0) is 21.8. The van der Waals surface area contributed by atoms with Crippen LogP contribution in [0.5, 0.6) is 0 Å². The molecule has 1 heterocycles. The average molecular weight is 422 g/mol. The number of hydrogen-bond acceptors (Lipinski definition) is 5. The van der Waals surface area contributed by atoms with Crippen LogP contribution in [-0.4, -0.2) is 67.1 Å². The van der Waals surface area contributed by atoms with Crippen molar-refractivity contribution in [3.8, 4) is 0 Å². The summed E-state index contributed by atoms with van der Waals surface area (Å²) in [6.45, 7) is 20.3. The Labute approximate surface area is 181 Å². The van der Waals surface area contributed by atoms with Gasteiger partial charge >= 0.3 is 0 Å². The summed E-state index contributed by atoms with van der Waals surface area (Å²) in [5, 5.41) is 6.51. The number of nitrogens with one attached hydrogen (secondary N) is 1. The normalized spacial score (nSPS) is 14.1.